The monoisotopic (exact) mass is 357 g/mol. The Labute approximate surface area is 149 Å². The van der Waals surface area contributed by atoms with E-state index in [1.165, 1.54) is 11.0 Å². The number of unbranched alkanes of at least 4 members (excludes halogenated alkanes) is 1. The Kier molecular flexibility index (Phi) is 5.26. The Morgan fingerprint density at radius 2 is 2.08 bits per heavy atom. The molecule has 0 saturated carbocycles. The van der Waals surface area contributed by atoms with Gasteiger partial charge in [-0.1, -0.05) is 13.3 Å². The van der Waals surface area contributed by atoms with Crippen LogP contribution in [0, 0.1) is 0 Å². The van der Waals surface area contributed by atoms with Crippen LogP contribution < -0.4 is 10.6 Å². The van der Waals surface area contributed by atoms with Crippen molar-refractivity contribution in [3.8, 4) is 0 Å². The van der Waals surface area contributed by atoms with Gasteiger partial charge in [-0.25, -0.2) is 9.48 Å². The summed E-state index contributed by atoms with van der Waals surface area (Å²) < 4.78 is 6.52. The standard InChI is InChI=1S/C17H19N5O4/c1-2-3-8-26-16(25)11-4-6-12(7-5-11)20-14(23)9-13-15(24)21-17-18-10-19-22(13)17/h4-7,10,13H,2-3,8-9H2,1H3,(H,20,23)(H,18,19,21,24). The lowest BCUT2D eigenvalue weighted by Gasteiger charge is -2.10. The van der Waals surface area contributed by atoms with E-state index < -0.39 is 12.0 Å². The number of ether oxygens (including phenoxy) is 1. The van der Waals surface area contributed by atoms with Crippen molar-refractivity contribution in [1.82, 2.24) is 14.8 Å². The Morgan fingerprint density at radius 3 is 2.81 bits per heavy atom. The molecule has 0 radical (unpaired) electrons. The zero-order chi connectivity index (χ0) is 18.5. The molecule has 0 fully saturated rings. The second-order valence-electron chi connectivity index (χ2n) is 5.85. The van der Waals surface area contributed by atoms with Crippen molar-refractivity contribution >= 4 is 29.4 Å². The molecule has 1 aliphatic rings. The minimum Gasteiger partial charge on any atom is -0.462 e. The van der Waals surface area contributed by atoms with Gasteiger partial charge in [0.05, 0.1) is 18.6 Å². The predicted molar refractivity (Wildman–Crippen MR) is 92.6 cm³/mol. The van der Waals surface area contributed by atoms with Gasteiger partial charge < -0.3 is 10.1 Å². The lowest BCUT2D eigenvalue weighted by molar-refractivity contribution is -0.123. The zero-order valence-electron chi connectivity index (χ0n) is 14.3. The van der Waals surface area contributed by atoms with Gasteiger partial charge in [0, 0.05) is 5.69 Å². The van der Waals surface area contributed by atoms with Gasteiger partial charge >= 0.3 is 5.97 Å². The van der Waals surface area contributed by atoms with E-state index in [9.17, 15) is 14.4 Å². The van der Waals surface area contributed by atoms with Crippen LogP contribution in [0.4, 0.5) is 11.6 Å². The fourth-order valence-electron chi connectivity index (χ4n) is 2.52. The number of rotatable bonds is 7. The van der Waals surface area contributed by atoms with E-state index in [1.54, 1.807) is 24.3 Å². The molecular formula is C17H19N5O4. The molecule has 0 aliphatic carbocycles. The molecule has 9 heteroatoms. The topological polar surface area (TPSA) is 115 Å². The largest absolute Gasteiger partial charge is 0.462 e. The van der Waals surface area contributed by atoms with Crippen LogP contribution in [0.1, 0.15) is 42.6 Å². The quantitative estimate of drug-likeness (QED) is 0.576. The molecule has 26 heavy (non-hydrogen) atoms. The molecule has 2 amide bonds. The van der Waals surface area contributed by atoms with Crippen LogP contribution in [0.15, 0.2) is 30.6 Å². The summed E-state index contributed by atoms with van der Waals surface area (Å²) >= 11 is 0. The van der Waals surface area contributed by atoms with Crippen LogP contribution in [0.5, 0.6) is 0 Å². The highest BCUT2D eigenvalue weighted by Gasteiger charge is 2.33. The minimum absolute atomic E-state index is 0.0665. The molecule has 1 aliphatic heterocycles. The first-order valence-electron chi connectivity index (χ1n) is 8.36. The van der Waals surface area contributed by atoms with Crippen molar-refractivity contribution in [3.05, 3.63) is 36.2 Å². The van der Waals surface area contributed by atoms with Crippen LogP contribution in [0.25, 0.3) is 0 Å². The molecule has 2 aromatic rings. The number of aromatic nitrogens is 3. The highest BCUT2D eigenvalue weighted by atomic mass is 16.5. The Bertz CT molecular complexity index is 815. The molecule has 2 heterocycles. The van der Waals surface area contributed by atoms with E-state index in [4.69, 9.17) is 4.74 Å². The van der Waals surface area contributed by atoms with Crippen molar-refractivity contribution in [2.75, 3.05) is 17.2 Å². The third-order valence-corrected chi connectivity index (χ3v) is 3.92. The van der Waals surface area contributed by atoms with Crippen LogP contribution in [-0.2, 0) is 14.3 Å². The average molecular weight is 357 g/mol. The molecule has 9 nitrogen and oxygen atoms in total. The molecule has 1 aromatic carbocycles. The third-order valence-electron chi connectivity index (χ3n) is 3.92. The molecule has 3 rings (SSSR count). The van der Waals surface area contributed by atoms with E-state index in [0.29, 0.717) is 23.8 Å². The summed E-state index contributed by atoms with van der Waals surface area (Å²) in [6, 6.07) is 5.68. The summed E-state index contributed by atoms with van der Waals surface area (Å²) in [6.07, 6.45) is 3.02. The molecule has 136 valence electrons. The van der Waals surface area contributed by atoms with Gasteiger partial charge in [-0.2, -0.15) is 10.1 Å². The highest BCUT2D eigenvalue weighted by Crippen LogP contribution is 2.24. The van der Waals surface area contributed by atoms with Crippen molar-refractivity contribution in [1.29, 1.82) is 0 Å². The van der Waals surface area contributed by atoms with Gasteiger partial charge in [0.25, 0.3) is 5.91 Å². The maximum Gasteiger partial charge on any atom is 0.338 e. The number of hydrogen-bond acceptors (Lipinski definition) is 6. The van der Waals surface area contributed by atoms with Gasteiger partial charge in [0.15, 0.2) is 0 Å². The van der Waals surface area contributed by atoms with Crippen molar-refractivity contribution < 1.29 is 19.1 Å². The normalized spacial score (nSPS) is 15.3. The van der Waals surface area contributed by atoms with Crippen LogP contribution in [0.3, 0.4) is 0 Å². The zero-order valence-corrected chi connectivity index (χ0v) is 14.3. The maximum atomic E-state index is 12.2. The van der Waals surface area contributed by atoms with Gasteiger partial charge in [0.1, 0.15) is 12.4 Å². The summed E-state index contributed by atoms with van der Waals surface area (Å²) in [4.78, 5) is 39.8. The predicted octanol–water partition coefficient (Wildman–Crippen LogP) is 1.76. The second-order valence-corrected chi connectivity index (χ2v) is 5.85. The number of fused-ring (bicyclic) bond motifs is 1. The van der Waals surface area contributed by atoms with Gasteiger partial charge in [-0.15, -0.1) is 0 Å². The Hall–Kier alpha value is -3.23. The van der Waals surface area contributed by atoms with Crippen molar-refractivity contribution in [3.63, 3.8) is 0 Å². The number of hydrogen-bond donors (Lipinski definition) is 2. The van der Waals surface area contributed by atoms with Crippen LogP contribution in [0.2, 0.25) is 0 Å². The molecule has 0 bridgehead atoms. The SMILES string of the molecule is CCCCOC(=O)c1ccc(NC(=O)CC2C(=O)Nc3ncnn32)cc1. The molecule has 1 atom stereocenters. The molecule has 2 N–H and O–H groups in total. The Morgan fingerprint density at radius 1 is 1.31 bits per heavy atom. The first-order chi connectivity index (χ1) is 12.6. The number of nitrogens with zero attached hydrogens (tertiary/aromatic N) is 3. The molecule has 0 spiro atoms. The van der Waals surface area contributed by atoms with Gasteiger partial charge in [0.2, 0.25) is 11.9 Å². The van der Waals surface area contributed by atoms with E-state index in [1.807, 2.05) is 6.92 Å². The average Bonchev–Trinajstić information content (AvgIpc) is 3.18. The fraction of sp³-hybridized carbons (Fsp3) is 0.353. The fourth-order valence-corrected chi connectivity index (χ4v) is 2.52. The first kappa shape index (κ1) is 17.6. The number of carbonyl (C=O) groups excluding carboxylic acids is 3. The lowest BCUT2D eigenvalue weighted by atomic mass is 10.1. The van der Waals surface area contributed by atoms with Gasteiger partial charge in [-0.3, -0.25) is 14.9 Å². The summed E-state index contributed by atoms with van der Waals surface area (Å²) in [5.74, 6) is -0.718. The summed E-state index contributed by atoms with van der Waals surface area (Å²) in [6.45, 7) is 2.41. The Balaban J connectivity index is 1.55. The second kappa shape index (κ2) is 7.77. The van der Waals surface area contributed by atoms with E-state index in [-0.39, 0.29) is 18.2 Å². The number of esters is 1. The highest BCUT2D eigenvalue weighted by molar-refractivity contribution is 6.01. The van der Waals surface area contributed by atoms with Crippen molar-refractivity contribution in [2.45, 2.75) is 32.2 Å². The van der Waals surface area contributed by atoms with E-state index in [0.717, 1.165) is 12.8 Å². The molecule has 0 saturated heterocycles. The van der Waals surface area contributed by atoms with E-state index in [2.05, 4.69) is 20.7 Å². The van der Waals surface area contributed by atoms with Crippen LogP contribution >= 0.6 is 0 Å². The maximum absolute atomic E-state index is 12.2. The summed E-state index contributed by atoms with van der Waals surface area (Å²) in [5.41, 5.74) is 0.943. The molecule has 1 aromatic heterocycles. The van der Waals surface area contributed by atoms with E-state index >= 15 is 0 Å². The summed E-state index contributed by atoms with van der Waals surface area (Å²) in [7, 11) is 0. The third kappa shape index (κ3) is 3.88. The van der Waals surface area contributed by atoms with Crippen molar-refractivity contribution in [2.24, 2.45) is 0 Å². The van der Waals surface area contributed by atoms with Gasteiger partial charge in [-0.05, 0) is 30.7 Å². The smallest absolute Gasteiger partial charge is 0.338 e. The number of carbonyl (C=O) groups is 3. The van der Waals surface area contributed by atoms with Crippen LogP contribution in [-0.4, -0.2) is 39.2 Å². The number of nitrogens with one attached hydrogen (secondary N) is 2. The summed E-state index contributed by atoms with van der Waals surface area (Å²) in [5, 5.41) is 9.20. The number of amides is 2. The number of benzene rings is 1. The molecular weight excluding hydrogens is 338 g/mol. The minimum atomic E-state index is -0.722. The number of anilines is 2. The lowest BCUT2D eigenvalue weighted by Crippen LogP contribution is -2.23. The first-order valence-corrected chi connectivity index (χ1v) is 8.36. The molecule has 1 unspecified atom stereocenters.